The van der Waals surface area contributed by atoms with Crippen LogP contribution in [0.1, 0.15) is 41.6 Å². The largest absolute Gasteiger partial charge is 0.573 e. The van der Waals surface area contributed by atoms with Gasteiger partial charge in [-0.2, -0.15) is 0 Å². The van der Waals surface area contributed by atoms with Crippen LogP contribution in [0.4, 0.5) is 22.0 Å². The van der Waals surface area contributed by atoms with Crippen molar-refractivity contribution in [2.45, 2.75) is 38.5 Å². The first-order chi connectivity index (χ1) is 15.6. The van der Waals surface area contributed by atoms with Gasteiger partial charge in [0.1, 0.15) is 28.7 Å². The summed E-state index contributed by atoms with van der Waals surface area (Å²) in [5.74, 6) is -2.99. The van der Waals surface area contributed by atoms with E-state index in [9.17, 15) is 26.7 Å². The lowest BCUT2D eigenvalue weighted by molar-refractivity contribution is -0.274. The first-order valence-electron chi connectivity index (χ1n) is 10.3. The van der Waals surface area contributed by atoms with Gasteiger partial charge in [0.05, 0.1) is 6.61 Å². The Morgan fingerprint density at radius 3 is 2.24 bits per heavy atom. The quantitative estimate of drug-likeness (QED) is 0.311. The van der Waals surface area contributed by atoms with Crippen molar-refractivity contribution in [2.24, 2.45) is 11.7 Å². The SMILES string of the molecule is COCCC(CCCCOc1ccc(OC(F)(F)F)cc1)Cc1ccc(F)c(C(N)=O)c1F. The van der Waals surface area contributed by atoms with Crippen molar-refractivity contribution in [2.75, 3.05) is 20.3 Å². The van der Waals surface area contributed by atoms with E-state index in [1.807, 2.05) is 0 Å². The third kappa shape index (κ3) is 8.88. The van der Waals surface area contributed by atoms with Crippen LogP contribution in [-0.4, -0.2) is 32.6 Å². The van der Waals surface area contributed by atoms with Crippen LogP contribution >= 0.6 is 0 Å². The molecule has 0 aliphatic rings. The van der Waals surface area contributed by atoms with E-state index in [4.69, 9.17) is 15.2 Å². The number of ether oxygens (including phenoxy) is 3. The molecule has 0 radical (unpaired) electrons. The Labute approximate surface area is 188 Å². The number of benzene rings is 2. The minimum absolute atomic E-state index is 0.0180. The first-order valence-corrected chi connectivity index (χ1v) is 10.3. The lowest BCUT2D eigenvalue weighted by atomic mass is 9.90. The van der Waals surface area contributed by atoms with E-state index in [-0.39, 0.29) is 23.7 Å². The van der Waals surface area contributed by atoms with Gasteiger partial charge in [0.2, 0.25) is 0 Å². The van der Waals surface area contributed by atoms with E-state index < -0.39 is 29.5 Å². The van der Waals surface area contributed by atoms with Crippen molar-refractivity contribution >= 4 is 5.91 Å². The number of nitrogens with two attached hydrogens (primary N) is 1. The average molecular weight is 475 g/mol. The molecule has 0 saturated heterocycles. The van der Waals surface area contributed by atoms with Crippen LogP contribution in [0.2, 0.25) is 0 Å². The van der Waals surface area contributed by atoms with Crippen molar-refractivity contribution in [3.63, 3.8) is 0 Å². The lowest BCUT2D eigenvalue weighted by Gasteiger charge is -2.18. The number of methoxy groups -OCH3 is 1. The number of primary amides is 1. The zero-order valence-electron chi connectivity index (χ0n) is 18.1. The van der Waals surface area contributed by atoms with Gasteiger partial charge in [0, 0.05) is 13.7 Å². The highest BCUT2D eigenvalue weighted by Gasteiger charge is 2.31. The molecule has 1 atom stereocenters. The molecule has 10 heteroatoms. The lowest BCUT2D eigenvalue weighted by Crippen LogP contribution is -2.18. The summed E-state index contributed by atoms with van der Waals surface area (Å²) in [4.78, 5) is 11.3. The molecular weight excluding hydrogens is 449 g/mol. The van der Waals surface area contributed by atoms with Crippen LogP contribution in [-0.2, 0) is 11.2 Å². The molecule has 0 bridgehead atoms. The maximum Gasteiger partial charge on any atom is 0.573 e. The fraction of sp³-hybridized carbons (Fsp3) is 0.435. The van der Waals surface area contributed by atoms with E-state index in [0.717, 1.165) is 12.5 Å². The van der Waals surface area contributed by atoms with Crippen LogP contribution in [0.25, 0.3) is 0 Å². The Morgan fingerprint density at radius 1 is 0.970 bits per heavy atom. The zero-order chi connectivity index (χ0) is 24.4. The molecule has 2 N–H and O–H groups in total. The van der Waals surface area contributed by atoms with E-state index >= 15 is 0 Å². The van der Waals surface area contributed by atoms with Gasteiger partial charge in [-0.3, -0.25) is 4.79 Å². The molecule has 2 aromatic rings. The molecule has 0 aliphatic heterocycles. The summed E-state index contributed by atoms with van der Waals surface area (Å²) in [5, 5.41) is 0. The number of rotatable bonds is 13. The minimum atomic E-state index is -4.75. The molecule has 0 heterocycles. The second-order valence-electron chi connectivity index (χ2n) is 7.47. The molecule has 2 rings (SSSR count). The molecule has 0 spiro atoms. The van der Waals surface area contributed by atoms with Gasteiger partial charge in [0.25, 0.3) is 5.91 Å². The predicted molar refractivity (Wildman–Crippen MR) is 111 cm³/mol. The summed E-state index contributed by atoms with van der Waals surface area (Å²) < 4.78 is 79.3. The second-order valence-corrected chi connectivity index (χ2v) is 7.47. The third-order valence-corrected chi connectivity index (χ3v) is 4.99. The maximum atomic E-state index is 14.6. The first kappa shape index (κ1) is 26.4. The topological polar surface area (TPSA) is 70.8 Å². The Hall–Kier alpha value is -2.88. The zero-order valence-corrected chi connectivity index (χ0v) is 18.1. The Balaban J connectivity index is 1.85. The van der Waals surface area contributed by atoms with E-state index in [1.165, 1.54) is 30.3 Å². The number of amides is 1. The molecule has 0 fully saturated rings. The highest BCUT2D eigenvalue weighted by Crippen LogP contribution is 2.26. The summed E-state index contributed by atoms with van der Waals surface area (Å²) in [6, 6.07) is 7.45. The molecule has 33 heavy (non-hydrogen) atoms. The van der Waals surface area contributed by atoms with Crippen molar-refractivity contribution < 1.29 is 41.0 Å². The fourth-order valence-corrected chi connectivity index (χ4v) is 3.39. The molecule has 0 aromatic heterocycles. The van der Waals surface area contributed by atoms with Crippen LogP contribution in [0.5, 0.6) is 11.5 Å². The van der Waals surface area contributed by atoms with Crippen LogP contribution < -0.4 is 15.2 Å². The number of hydrogen-bond acceptors (Lipinski definition) is 4. The number of halogens is 5. The Bertz CT molecular complexity index is 903. The average Bonchev–Trinajstić information content (AvgIpc) is 2.73. The van der Waals surface area contributed by atoms with Gasteiger partial charge >= 0.3 is 6.36 Å². The van der Waals surface area contributed by atoms with Crippen molar-refractivity contribution in [3.8, 4) is 11.5 Å². The molecule has 5 nitrogen and oxygen atoms in total. The normalized spacial score (nSPS) is 12.4. The van der Waals surface area contributed by atoms with E-state index in [2.05, 4.69) is 4.74 Å². The van der Waals surface area contributed by atoms with Crippen LogP contribution in [0, 0.1) is 17.6 Å². The number of alkyl halides is 3. The summed E-state index contributed by atoms with van der Waals surface area (Å²) in [6.07, 6.45) is -1.73. The van der Waals surface area contributed by atoms with Crippen LogP contribution in [0.15, 0.2) is 36.4 Å². The Morgan fingerprint density at radius 2 is 1.64 bits per heavy atom. The Kier molecular flexibility index (Phi) is 9.90. The third-order valence-electron chi connectivity index (χ3n) is 4.99. The molecule has 2 aromatic carbocycles. The summed E-state index contributed by atoms with van der Waals surface area (Å²) in [5.41, 5.74) is 4.56. The van der Waals surface area contributed by atoms with Crippen molar-refractivity contribution in [1.29, 1.82) is 0 Å². The molecule has 0 saturated carbocycles. The molecule has 0 aliphatic carbocycles. The summed E-state index contributed by atoms with van der Waals surface area (Å²) in [7, 11) is 1.56. The van der Waals surface area contributed by atoms with E-state index in [1.54, 1.807) is 7.11 Å². The van der Waals surface area contributed by atoms with Gasteiger partial charge in [-0.25, -0.2) is 8.78 Å². The molecule has 1 amide bonds. The number of unbranched alkanes of at least 4 members (excludes halogenated alkanes) is 1. The number of hydrogen-bond donors (Lipinski definition) is 1. The molecule has 182 valence electrons. The minimum Gasteiger partial charge on any atom is -0.494 e. The van der Waals surface area contributed by atoms with Gasteiger partial charge in [-0.15, -0.1) is 13.2 Å². The van der Waals surface area contributed by atoms with Crippen LogP contribution in [0.3, 0.4) is 0 Å². The molecule has 1 unspecified atom stereocenters. The smallest absolute Gasteiger partial charge is 0.494 e. The second kappa shape index (κ2) is 12.4. The number of carbonyl (C=O) groups is 1. The van der Waals surface area contributed by atoms with E-state index in [0.29, 0.717) is 38.2 Å². The van der Waals surface area contributed by atoms with Crippen molar-refractivity contribution in [3.05, 3.63) is 59.2 Å². The predicted octanol–water partition coefficient (Wildman–Crippen LogP) is 5.41. The van der Waals surface area contributed by atoms with Gasteiger partial charge in [-0.05, 0) is 73.9 Å². The van der Waals surface area contributed by atoms with Crippen molar-refractivity contribution in [1.82, 2.24) is 0 Å². The summed E-state index contributed by atoms with van der Waals surface area (Å²) >= 11 is 0. The van der Waals surface area contributed by atoms with Gasteiger partial charge in [-0.1, -0.05) is 6.07 Å². The molecular formula is C23H26F5NO4. The highest BCUT2D eigenvalue weighted by atomic mass is 19.4. The van der Waals surface area contributed by atoms with Gasteiger partial charge in [0.15, 0.2) is 0 Å². The van der Waals surface area contributed by atoms with Gasteiger partial charge < -0.3 is 19.9 Å². The highest BCUT2D eigenvalue weighted by molar-refractivity contribution is 5.93. The summed E-state index contributed by atoms with van der Waals surface area (Å²) in [6.45, 7) is 0.798. The monoisotopic (exact) mass is 475 g/mol. The number of carbonyl (C=O) groups excluding carboxylic acids is 1. The maximum absolute atomic E-state index is 14.6. The standard InChI is InChI=1S/C23H26F5NO4/c1-31-13-11-15(14-16-5-10-19(24)20(21(16)25)22(29)30)4-2-3-12-32-17-6-8-18(9-7-17)33-23(26,27)28/h5-10,15H,2-4,11-14H2,1H3,(H2,29,30). The fourth-order valence-electron chi connectivity index (χ4n) is 3.39.